The van der Waals surface area contributed by atoms with Crippen LogP contribution in [0.4, 0.5) is 34.1 Å². The summed E-state index contributed by atoms with van der Waals surface area (Å²) in [6.45, 7) is 0.201. The molecule has 3 aliphatic rings. The van der Waals surface area contributed by atoms with Gasteiger partial charge in [0.05, 0.1) is 0 Å². The summed E-state index contributed by atoms with van der Waals surface area (Å²) < 4.78 is 0. The lowest BCUT2D eigenvalue weighted by Crippen LogP contribution is -2.64. The van der Waals surface area contributed by atoms with Crippen molar-refractivity contribution in [3.63, 3.8) is 0 Å². The fourth-order valence-electron chi connectivity index (χ4n) is 8.15. The Kier molecular flexibility index (Phi) is 4.78. The van der Waals surface area contributed by atoms with E-state index in [1.807, 2.05) is 0 Å². The Balaban J connectivity index is 1.32. The summed E-state index contributed by atoms with van der Waals surface area (Å²) in [6.07, 6.45) is 4.98. The Hall–Kier alpha value is -4.93. The highest BCUT2D eigenvalue weighted by molar-refractivity contribution is 8.33. The molecule has 7 aromatic rings. The Morgan fingerprint density at radius 1 is 0.409 bits per heavy atom. The predicted molar refractivity (Wildman–Crippen MR) is 191 cm³/mol. The molecule has 0 radical (unpaired) electrons. The van der Waals surface area contributed by atoms with Crippen LogP contribution < -0.4 is 26.2 Å². The summed E-state index contributed by atoms with van der Waals surface area (Å²) in [5, 5.41) is 5.06. The number of rotatable bonds is 2. The van der Waals surface area contributed by atoms with Crippen LogP contribution in [0.25, 0.3) is 21.5 Å². The average molecular weight is 581 g/mol. The first-order valence-corrected chi connectivity index (χ1v) is 17.7. The summed E-state index contributed by atoms with van der Waals surface area (Å²) >= 11 is 0. The van der Waals surface area contributed by atoms with E-state index in [-0.39, 0.29) is 6.71 Å². The van der Waals surface area contributed by atoms with Crippen LogP contribution in [0.1, 0.15) is 0 Å². The van der Waals surface area contributed by atoms with Crippen molar-refractivity contribution in [2.45, 2.75) is 9.79 Å². The van der Waals surface area contributed by atoms with Crippen LogP contribution >= 0.6 is 10.0 Å². The summed E-state index contributed by atoms with van der Waals surface area (Å²) in [7, 11) is -1.26. The molecule has 0 unspecified atom stereocenters. The number of hydrogen-bond donors (Lipinski definition) is 0. The maximum Gasteiger partial charge on any atom is 0.254 e. The lowest BCUT2D eigenvalue weighted by molar-refractivity contribution is 1.22. The van der Waals surface area contributed by atoms with Crippen LogP contribution in [0.3, 0.4) is 0 Å². The second-order valence-corrected chi connectivity index (χ2v) is 16.1. The lowest BCUT2D eigenvalue weighted by atomic mass is 9.33. The zero-order valence-corrected chi connectivity index (χ0v) is 25.5. The molecular formula is C40H29BN2S. The average Bonchev–Trinajstić information content (AvgIpc) is 3.06. The minimum atomic E-state index is -1.26. The van der Waals surface area contributed by atoms with Crippen LogP contribution in [0.5, 0.6) is 0 Å². The van der Waals surface area contributed by atoms with Crippen molar-refractivity contribution in [2.75, 3.05) is 22.3 Å². The molecule has 10 rings (SSSR count). The van der Waals surface area contributed by atoms with Gasteiger partial charge in [0, 0.05) is 34.1 Å². The number of anilines is 6. The third-order valence-electron chi connectivity index (χ3n) is 10.1. The van der Waals surface area contributed by atoms with Crippen LogP contribution in [0.2, 0.25) is 0 Å². The van der Waals surface area contributed by atoms with Gasteiger partial charge in [-0.3, -0.25) is 0 Å². The number of benzene rings is 7. The van der Waals surface area contributed by atoms with Gasteiger partial charge in [0.25, 0.3) is 6.71 Å². The van der Waals surface area contributed by atoms with Gasteiger partial charge >= 0.3 is 0 Å². The van der Waals surface area contributed by atoms with E-state index in [1.54, 1.807) is 0 Å². The first-order valence-electron chi connectivity index (χ1n) is 15.3. The van der Waals surface area contributed by atoms with Gasteiger partial charge in [-0.15, -0.1) is 0 Å². The SMILES string of the molecule is CS1(C)c2cccc3c2B2c4c(cccc4N(c4ccc5ccccc5c4)c4cccc1c42)N3c1ccc2ccccc2c1. The maximum absolute atomic E-state index is 2.54. The van der Waals surface area contributed by atoms with Crippen LogP contribution in [-0.4, -0.2) is 19.2 Å². The fourth-order valence-corrected chi connectivity index (χ4v) is 10.8. The van der Waals surface area contributed by atoms with E-state index in [9.17, 15) is 0 Å². The minimum Gasteiger partial charge on any atom is -0.311 e. The third-order valence-corrected chi connectivity index (χ3v) is 13.0. The molecule has 7 aromatic carbocycles. The Morgan fingerprint density at radius 2 is 0.818 bits per heavy atom. The van der Waals surface area contributed by atoms with E-state index in [4.69, 9.17) is 0 Å². The lowest BCUT2D eigenvalue weighted by Gasteiger charge is -2.51. The van der Waals surface area contributed by atoms with Gasteiger partial charge in [-0.25, -0.2) is 0 Å². The van der Waals surface area contributed by atoms with Crippen molar-refractivity contribution in [3.05, 3.63) is 140 Å². The van der Waals surface area contributed by atoms with Gasteiger partial charge in [-0.1, -0.05) is 91.0 Å². The molecule has 3 heterocycles. The van der Waals surface area contributed by atoms with Gasteiger partial charge < -0.3 is 9.80 Å². The topological polar surface area (TPSA) is 6.48 Å². The van der Waals surface area contributed by atoms with Crippen LogP contribution in [0, 0.1) is 0 Å². The smallest absolute Gasteiger partial charge is 0.254 e. The normalized spacial score (nSPS) is 15.8. The van der Waals surface area contributed by atoms with E-state index in [0.29, 0.717) is 0 Å². The number of fused-ring (bicyclic) bond motifs is 2. The largest absolute Gasteiger partial charge is 0.311 e. The molecular weight excluding hydrogens is 551 g/mol. The molecule has 0 saturated heterocycles. The predicted octanol–water partition coefficient (Wildman–Crippen LogP) is 8.87. The summed E-state index contributed by atoms with van der Waals surface area (Å²) in [5.41, 5.74) is 12.0. The molecule has 0 aromatic heterocycles. The molecule has 4 heteroatoms. The minimum absolute atomic E-state index is 0.201. The fraction of sp³-hybridized carbons (Fsp3) is 0.0500. The van der Waals surface area contributed by atoms with Crippen molar-refractivity contribution in [1.82, 2.24) is 0 Å². The second-order valence-electron chi connectivity index (χ2n) is 12.6. The van der Waals surface area contributed by atoms with Crippen LogP contribution in [-0.2, 0) is 0 Å². The Morgan fingerprint density at radius 3 is 1.30 bits per heavy atom. The van der Waals surface area contributed by atoms with Crippen molar-refractivity contribution >= 4 is 88.8 Å². The quantitative estimate of drug-likeness (QED) is 0.189. The van der Waals surface area contributed by atoms with Crippen molar-refractivity contribution in [2.24, 2.45) is 0 Å². The summed E-state index contributed by atoms with van der Waals surface area (Å²) in [6, 6.07) is 52.2. The number of nitrogens with zero attached hydrogens (tertiary/aromatic N) is 2. The monoisotopic (exact) mass is 580 g/mol. The third kappa shape index (κ3) is 3.08. The van der Waals surface area contributed by atoms with Gasteiger partial charge in [-0.05, 0) is 109 Å². The van der Waals surface area contributed by atoms with E-state index in [0.717, 1.165) is 0 Å². The molecule has 0 N–H and O–H groups in total. The zero-order chi connectivity index (χ0) is 29.2. The molecule has 0 aliphatic carbocycles. The van der Waals surface area contributed by atoms with Gasteiger partial charge in [0.2, 0.25) is 0 Å². The maximum atomic E-state index is 2.54. The molecule has 0 spiro atoms. The van der Waals surface area contributed by atoms with E-state index in [2.05, 4.69) is 162 Å². The highest BCUT2D eigenvalue weighted by atomic mass is 32.3. The molecule has 44 heavy (non-hydrogen) atoms. The Bertz CT molecular complexity index is 2200. The molecule has 0 atom stereocenters. The van der Waals surface area contributed by atoms with E-state index in [1.165, 1.54) is 81.8 Å². The Labute approximate surface area is 259 Å². The van der Waals surface area contributed by atoms with Crippen LogP contribution in [0.15, 0.2) is 149 Å². The van der Waals surface area contributed by atoms with Gasteiger partial charge in [-0.2, -0.15) is 10.0 Å². The molecule has 0 fully saturated rings. The first-order chi connectivity index (χ1) is 21.6. The van der Waals surface area contributed by atoms with E-state index >= 15 is 0 Å². The second kappa shape index (κ2) is 8.59. The van der Waals surface area contributed by atoms with Crippen molar-refractivity contribution in [1.29, 1.82) is 0 Å². The first kappa shape index (κ1) is 24.5. The highest BCUT2D eigenvalue weighted by Crippen LogP contribution is 2.60. The van der Waals surface area contributed by atoms with E-state index < -0.39 is 10.0 Å². The molecule has 0 bridgehead atoms. The van der Waals surface area contributed by atoms with Gasteiger partial charge in [0.1, 0.15) is 0 Å². The van der Waals surface area contributed by atoms with Gasteiger partial charge in [0.15, 0.2) is 0 Å². The molecule has 0 saturated carbocycles. The molecule has 3 aliphatic heterocycles. The number of hydrogen-bond acceptors (Lipinski definition) is 2. The van der Waals surface area contributed by atoms with Crippen molar-refractivity contribution < 1.29 is 0 Å². The molecule has 208 valence electrons. The standard InChI is InChI=1S/C40H29BN2S/c1-44(2)36-18-8-16-34-39(36)41-38-32(42(34)30-22-20-26-10-3-5-12-28(26)24-30)14-7-15-33(38)43(35-17-9-19-37(44)40(35)41)31-23-21-27-11-4-6-13-29(27)25-31/h3-25H,1-2H3. The van der Waals surface area contributed by atoms with Crippen molar-refractivity contribution in [3.8, 4) is 0 Å². The summed E-state index contributed by atoms with van der Waals surface area (Å²) in [4.78, 5) is 8.09. The molecule has 2 nitrogen and oxygen atoms in total. The summed E-state index contributed by atoms with van der Waals surface area (Å²) in [5.74, 6) is 0. The molecule has 0 amide bonds. The zero-order valence-electron chi connectivity index (χ0n) is 24.7. The highest BCUT2D eigenvalue weighted by Gasteiger charge is 2.49.